The summed E-state index contributed by atoms with van der Waals surface area (Å²) in [5.41, 5.74) is 0.961. The van der Waals surface area contributed by atoms with Crippen LogP contribution in [0.3, 0.4) is 0 Å². The highest BCUT2D eigenvalue weighted by Crippen LogP contribution is 2.21. The Balaban J connectivity index is 1.94. The van der Waals surface area contributed by atoms with Gasteiger partial charge in [0, 0.05) is 7.11 Å². The van der Waals surface area contributed by atoms with Gasteiger partial charge in [0.1, 0.15) is 6.61 Å². The lowest BCUT2D eigenvalue weighted by molar-refractivity contribution is 0.0377. The zero-order valence-electron chi connectivity index (χ0n) is 12.2. The highest BCUT2D eigenvalue weighted by molar-refractivity contribution is 5.88. The van der Waals surface area contributed by atoms with Crippen LogP contribution in [0.1, 0.15) is 35.9 Å². The van der Waals surface area contributed by atoms with Gasteiger partial charge in [0.2, 0.25) is 0 Å². The number of hydrogen-bond acceptors (Lipinski definition) is 6. The van der Waals surface area contributed by atoms with Gasteiger partial charge in [0.25, 0.3) is 0 Å². The summed E-state index contributed by atoms with van der Waals surface area (Å²) in [6, 6.07) is 0. The standard InChI is InChI=1S/C13H21N3O4/c1-9-4-5-11(20-9)8-16-10(2)12(14-15-16)13(17)19-7-6-18-3/h9,11H,4-8H2,1-3H3. The Bertz CT molecular complexity index is 460. The molecule has 7 heteroatoms. The molecule has 20 heavy (non-hydrogen) atoms. The van der Waals surface area contributed by atoms with Crippen LogP contribution in [-0.4, -0.2) is 53.5 Å². The topological polar surface area (TPSA) is 75.5 Å². The van der Waals surface area contributed by atoms with Crippen molar-refractivity contribution >= 4 is 5.97 Å². The molecule has 0 aromatic carbocycles. The molecule has 0 N–H and O–H groups in total. The molecule has 7 nitrogen and oxygen atoms in total. The molecular weight excluding hydrogens is 262 g/mol. The molecule has 1 fully saturated rings. The lowest BCUT2D eigenvalue weighted by Gasteiger charge is -2.11. The quantitative estimate of drug-likeness (QED) is 0.571. The Morgan fingerprint density at radius 2 is 2.25 bits per heavy atom. The van der Waals surface area contributed by atoms with Crippen molar-refractivity contribution in [2.24, 2.45) is 0 Å². The Hall–Kier alpha value is -1.47. The van der Waals surface area contributed by atoms with E-state index in [0.717, 1.165) is 12.8 Å². The fourth-order valence-electron chi connectivity index (χ4n) is 2.22. The van der Waals surface area contributed by atoms with Gasteiger partial charge in [-0.25, -0.2) is 9.48 Å². The summed E-state index contributed by atoms with van der Waals surface area (Å²) in [5.74, 6) is -0.466. The molecule has 0 saturated carbocycles. The second-order valence-electron chi connectivity index (χ2n) is 4.98. The van der Waals surface area contributed by atoms with E-state index >= 15 is 0 Å². The van der Waals surface area contributed by atoms with Gasteiger partial charge in [0.05, 0.1) is 31.1 Å². The molecule has 1 saturated heterocycles. The fraction of sp³-hybridized carbons (Fsp3) is 0.769. The molecule has 1 aliphatic heterocycles. The van der Waals surface area contributed by atoms with E-state index in [9.17, 15) is 4.79 Å². The zero-order valence-corrected chi connectivity index (χ0v) is 12.2. The second kappa shape index (κ2) is 6.81. The minimum absolute atomic E-state index is 0.141. The fourth-order valence-corrected chi connectivity index (χ4v) is 2.22. The molecule has 0 bridgehead atoms. The average molecular weight is 283 g/mol. The predicted molar refractivity (Wildman–Crippen MR) is 70.5 cm³/mol. The van der Waals surface area contributed by atoms with Crippen molar-refractivity contribution in [3.8, 4) is 0 Å². The predicted octanol–water partition coefficient (Wildman–Crippen LogP) is 0.957. The van der Waals surface area contributed by atoms with Crippen LogP contribution in [0.15, 0.2) is 0 Å². The summed E-state index contributed by atoms with van der Waals surface area (Å²) in [6.07, 6.45) is 2.50. The van der Waals surface area contributed by atoms with E-state index in [2.05, 4.69) is 17.2 Å². The molecule has 112 valence electrons. The molecule has 0 amide bonds. The van der Waals surface area contributed by atoms with Gasteiger partial charge < -0.3 is 14.2 Å². The molecule has 2 heterocycles. The summed E-state index contributed by atoms with van der Waals surface area (Å²) in [4.78, 5) is 11.8. The third-order valence-corrected chi connectivity index (χ3v) is 3.39. The first-order valence-electron chi connectivity index (χ1n) is 6.83. The maximum absolute atomic E-state index is 11.8. The van der Waals surface area contributed by atoms with Gasteiger partial charge in [-0.15, -0.1) is 5.10 Å². The number of nitrogens with zero attached hydrogens (tertiary/aromatic N) is 3. The third kappa shape index (κ3) is 3.55. The normalized spacial score (nSPS) is 22.1. The second-order valence-corrected chi connectivity index (χ2v) is 4.98. The lowest BCUT2D eigenvalue weighted by atomic mass is 10.2. The molecule has 1 aliphatic rings. The van der Waals surface area contributed by atoms with E-state index in [1.54, 1.807) is 11.8 Å². The SMILES string of the molecule is COCCOC(=O)c1nnn(CC2CCC(C)O2)c1C. The third-order valence-electron chi connectivity index (χ3n) is 3.39. The summed E-state index contributed by atoms with van der Waals surface area (Å²) in [7, 11) is 1.55. The van der Waals surface area contributed by atoms with Gasteiger partial charge in [-0.2, -0.15) is 0 Å². The van der Waals surface area contributed by atoms with Gasteiger partial charge in [-0.05, 0) is 26.7 Å². The Kier molecular flexibility index (Phi) is 5.08. The molecule has 0 spiro atoms. The smallest absolute Gasteiger partial charge is 0.360 e. The Morgan fingerprint density at radius 3 is 2.90 bits per heavy atom. The van der Waals surface area contributed by atoms with Crippen LogP contribution in [0.2, 0.25) is 0 Å². The van der Waals surface area contributed by atoms with Crippen LogP contribution >= 0.6 is 0 Å². The molecule has 2 rings (SSSR count). The number of methoxy groups -OCH3 is 1. The number of carbonyl (C=O) groups is 1. The number of esters is 1. The summed E-state index contributed by atoms with van der Waals surface area (Å²) in [6.45, 7) is 5.07. The maximum Gasteiger partial charge on any atom is 0.360 e. The molecule has 2 unspecified atom stereocenters. The van der Waals surface area contributed by atoms with Crippen LogP contribution in [0.4, 0.5) is 0 Å². The van der Waals surface area contributed by atoms with Crippen LogP contribution in [0.25, 0.3) is 0 Å². The van der Waals surface area contributed by atoms with Crippen LogP contribution in [-0.2, 0) is 20.8 Å². The van der Waals surface area contributed by atoms with Crippen molar-refractivity contribution in [2.45, 2.75) is 45.4 Å². The van der Waals surface area contributed by atoms with Crippen LogP contribution < -0.4 is 0 Å². The van der Waals surface area contributed by atoms with Crippen molar-refractivity contribution in [1.29, 1.82) is 0 Å². The highest BCUT2D eigenvalue weighted by atomic mass is 16.6. The van der Waals surface area contributed by atoms with Crippen molar-refractivity contribution in [3.05, 3.63) is 11.4 Å². The largest absolute Gasteiger partial charge is 0.458 e. The molecule has 1 aromatic heterocycles. The highest BCUT2D eigenvalue weighted by Gasteiger charge is 2.25. The van der Waals surface area contributed by atoms with Crippen molar-refractivity contribution in [1.82, 2.24) is 15.0 Å². The first kappa shape index (κ1) is 14.9. The van der Waals surface area contributed by atoms with E-state index in [1.165, 1.54) is 0 Å². The summed E-state index contributed by atoms with van der Waals surface area (Å²) >= 11 is 0. The van der Waals surface area contributed by atoms with E-state index in [0.29, 0.717) is 24.9 Å². The van der Waals surface area contributed by atoms with E-state index in [-0.39, 0.29) is 18.4 Å². The number of rotatable bonds is 6. The van der Waals surface area contributed by atoms with Gasteiger partial charge in [-0.1, -0.05) is 5.21 Å². The molecule has 0 aliphatic carbocycles. The lowest BCUT2D eigenvalue weighted by Crippen LogP contribution is -2.19. The minimum Gasteiger partial charge on any atom is -0.458 e. The van der Waals surface area contributed by atoms with Gasteiger partial charge in [0.15, 0.2) is 5.69 Å². The number of ether oxygens (including phenoxy) is 3. The number of carbonyl (C=O) groups excluding carboxylic acids is 1. The Labute approximate surface area is 118 Å². The monoisotopic (exact) mass is 283 g/mol. The van der Waals surface area contributed by atoms with Crippen molar-refractivity contribution in [3.63, 3.8) is 0 Å². The number of aromatic nitrogens is 3. The Morgan fingerprint density at radius 1 is 1.45 bits per heavy atom. The van der Waals surface area contributed by atoms with Gasteiger partial charge >= 0.3 is 5.97 Å². The van der Waals surface area contributed by atoms with E-state index < -0.39 is 5.97 Å². The van der Waals surface area contributed by atoms with E-state index in [4.69, 9.17) is 14.2 Å². The van der Waals surface area contributed by atoms with Gasteiger partial charge in [-0.3, -0.25) is 0 Å². The molecular formula is C13H21N3O4. The average Bonchev–Trinajstić information content (AvgIpc) is 2.98. The first-order chi connectivity index (χ1) is 9.61. The number of hydrogen-bond donors (Lipinski definition) is 0. The van der Waals surface area contributed by atoms with E-state index in [1.807, 2.05) is 6.92 Å². The van der Waals surface area contributed by atoms with Crippen LogP contribution in [0, 0.1) is 6.92 Å². The summed E-state index contributed by atoms with van der Waals surface area (Å²) in [5, 5.41) is 7.91. The minimum atomic E-state index is -0.466. The zero-order chi connectivity index (χ0) is 14.5. The molecule has 1 aromatic rings. The molecule has 0 radical (unpaired) electrons. The van der Waals surface area contributed by atoms with Crippen molar-refractivity contribution in [2.75, 3.05) is 20.3 Å². The summed E-state index contributed by atoms with van der Waals surface area (Å²) < 4.78 is 17.3. The maximum atomic E-state index is 11.8. The van der Waals surface area contributed by atoms with Crippen molar-refractivity contribution < 1.29 is 19.0 Å². The van der Waals surface area contributed by atoms with Crippen LogP contribution in [0.5, 0.6) is 0 Å². The first-order valence-corrected chi connectivity index (χ1v) is 6.83. The molecule has 2 atom stereocenters.